The Labute approximate surface area is 247 Å². The van der Waals surface area contributed by atoms with Crippen molar-refractivity contribution in [1.29, 1.82) is 0 Å². The largest absolute Gasteiger partial charge is 0.497 e. The van der Waals surface area contributed by atoms with E-state index >= 15 is 0 Å². The summed E-state index contributed by atoms with van der Waals surface area (Å²) in [6.07, 6.45) is -2.64. The minimum absolute atomic E-state index is 0.0761. The van der Waals surface area contributed by atoms with E-state index in [9.17, 15) is 33.0 Å². The Morgan fingerprint density at radius 1 is 1.12 bits per heavy atom. The number of rotatable bonds is 10. The van der Waals surface area contributed by atoms with Gasteiger partial charge in [0.1, 0.15) is 5.76 Å². The van der Waals surface area contributed by atoms with Crippen LogP contribution in [0, 0.1) is 0 Å². The lowest BCUT2D eigenvalue weighted by molar-refractivity contribution is -0.193. The first-order chi connectivity index (χ1) is 20.1. The summed E-state index contributed by atoms with van der Waals surface area (Å²) >= 11 is 0. The lowest BCUT2D eigenvalue weighted by atomic mass is 9.77. The van der Waals surface area contributed by atoms with Crippen LogP contribution in [-0.4, -0.2) is 89.7 Å². The second-order valence-electron chi connectivity index (χ2n) is 12.4. The van der Waals surface area contributed by atoms with Gasteiger partial charge in [0.25, 0.3) is 0 Å². The van der Waals surface area contributed by atoms with Crippen molar-refractivity contribution in [3.05, 3.63) is 35.1 Å². The highest BCUT2D eigenvalue weighted by Crippen LogP contribution is 2.55. The Morgan fingerprint density at radius 3 is 2.51 bits per heavy atom. The molecule has 1 unspecified atom stereocenters. The first-order valence-corrected chi connectivity index (χ1v) is 14.5. The Balaban J connectivity index is 1.47. The normalized spacial score (nSPS) is 26.0. The number of ether oxygens (including phenoxy) is 5. The lowest BCUT2D eigenvalue weighted by Crippen LogP contribution is -2.49. The number of methoxy groups -OCH3 is 1. The number of alkyl halides is 3. The number of esters is 2. The maximum absolute atomic E-state index is 13.8. The molecule has 13 heteroatoms. The molecule has 10 nitrogen and oxygen atoms in total. The van der Waals surface area contributed by atoms with Gasteiger partial charge >= 0.3 is 18.1 Å². The van der Waals surface area contributed by atoms with Gasteiger partial charge in [0.15, 0.2) is 29.8 Å². The molecule has 0 aromatic heterocycles. The number of halogens is 3. The standard InChI is InChI=1S/C30H38F3NO9/c1-27(2,37)7-4-9-29(38,15-23(35)40-16-30(31,32)33)26(36)43-25-22(39-3)14-28-8-5-10-34(28)11-6-18-12-20-21(42-17-41-20)13-19(18)24(25)28/h12-14,24-25,37-38H,4-11,15-17H2,1-3H3/t24-,25?,28+,29-/m1/s1. The van der Waals surface area contributed by atoms with Crippen molar-refractivity contribution < 1.29 is 56.7 Å². The fourth-order valence-electron chi connectivity index (χ4n) is 6.85. The van der Waals surface area contributed by atoms with Crippen LogP contribution in [0.25, 0.3) is 0 Å². The van der Waals surface area contributed by atoms with E-state index in [1.807, 2.05) is 18.2 Å². The maximum Gasteiger partial charge on any atom is 0.422 e. The SMILES string of the molecule is COC1=C[C@]23CCCN2CCc2cc4c(cc2[C@@H]3C1OC(=O)[C@@](O)(CCCC(C)(C)O)CC(=O)OCC(F)(F)F)OCO4. The molecular weight excluding hydrogens is 575 g/mol. The van der Waals surface area contributed by atoms with Crippen molar-refractivity contribution in [2.75, 3.05) is 33.6 Å². The fraction of sp³-hybridized carbons (Fsp3) is 0.667. The third kappa shape index (κ3) is 6.44. The molecule has 0 bridgehead atoms. The second-order valence-corrected chi connectivity index (χ2v) is 12.4. The van der Waals surface area contributed by atoms with Crippen molar-refractivity contribution in [2.24, 2.45) is 0 Å². The van der Waals surface area contributed by atoms with Gasteiger partial charge in [-0.15, -0.1) is 0 Å². The molecule has 1 aliphatic carbocycles. The number of fused-ring (bicyclic) bond motifs is 3. The van der Waals surface area contributed by atoms with E-state index in [4.69, 9.17) is 18.9 Å². The molecule has 43 heavy (non-hydrogen) atoms. The Kier molecular flexibility index (Phi) is 8.38. The van der Waals surface area contributed by atoms with Gasteiger partial charge in [0.2, 0.25) is 6.79 Å². The summed E-state index contributed by atoms with van der Waals surface area (Å²) in [6, 6.07) is 3.82. The average Bonchev–Trinajstić information content (AvgIpc) is 3.60. The maximum atomic E-state index is 13.8. The zero-order valence-electron chi connectivity index (χ0n) is 24.5. The lowest BCUT2D eigenvalue weighted by Gasteiger charge is -2.39. The summed E-state index contributed by atoms with van der Waals surface area (Å²) in [5, 5.41) is 21.7. The Morgan fingerprint density at radius 2 is 1.84 bits per heavy atom. The fourth-order valence-corrected chi connectivity index (χ4v) is 6.85. The predicted octanol–water partition coefficient (Wildman–Crippen LogP) is 3.51. The summed E-state index contributed by atoms with van der Waals surface area (Å²) in [6.45, 7) is 2.87. The third-order valence-electron chi connectivity index (χ3n) is 8.79. The summed E-state index contributed by atoms with van der Waals surface area (Å²) in [7, 11) is 1.46. The van der Waals surface area contributed by atoms with E-state index in [0.717, 1.165) is 37.1 Å². The number of carbonyl (C=O) groups is 2. The Bertz CT molecular complexity index is 1280. The van der Waals surface area contributed by atoms with Crippen molar-refractivity contribution in [1.82, 2.24) is 4.90 Å². The van der Waals surface area contributed by atoms with E-state index in [-0.39, 0.29) is 26.1 Å². The second kappa shape index (κ2) is 11.5. The van der Waals surface area contributed by atoms with Crippen molar-refractivity contribution >= 4 is 11.9 Å². The number of hydrogen-bond donors (Lipinski definition) is 2. The van der Waals surface area contributed by atoms with Crippen LogP contribution >= 0.6 is 0 Å². The van der Waals surface area contributed by atoms with Gasteiger partial charge in [-0.2, -0.15) is 13.2 Å². The molecule has 0 saturated carbocycles. The monoisotopic (exact) mass is 613 g/mol. The minimum atomic E-state index is -4.78. The molecule has 1 fully saturated rings. The number of hydrogen-bond acceptors (Lipinski definition) is 10. The van der Waals surface area contributed by atoms with Gasteiger partial charge in [-0.3, -0.25) is 9.69 Å². The van der Waals surface area contributed by atoms with Gasteiger partial charge < -0.3 is 33.9 Å². The quantitative estimate of drug-likeness (QED) is 0.379. The highest BCUT2D eigenvalue weighted by atomic mass is 19.4. The van der Waals surface area contributed by atoms with Crippen LogP contribution in [-0.2, 0) is 30.2 Å². The molecule has 1 aromatic carbocycles. The molecule has 0 radical (unpaired) electrons. The van der Waals surface area contributed by atoms with Crippen LogP contribution in [0.3, 0.4) is 0 Å². The molecule has 5 rings (SSSR count). The molecule has 4 aliphatic rings. The topological polar surface area (TPSA) is 124 Å². The third-order valence-corrected chi connectivity index (χ3v) is 8.79. The van der Waals surface area contributed by atoms with Crippen LogP contribution in [0.15, 0.2) is 24.0 Å². The molecule has 1 spiro atoms. The molecule has 1 saturated heterocycles. The molecule has 1 aromatic rings. The number of benzene rings is 1. The molecule has 2 N–H and O–H groups in total. The predicted molar refractivity (Wildman–Crippen MR) is 144 cm³/mol. The van der Waals surface area contributed by atoms with Gasteiger partial charge in [0, 0.05) is 6.54 Å². The summed E-state index contributed by atoms with van der Waals surface area (Å²) in [5.41, 5.74) is -2.34. The number of nitrogens with zero attached hydrogens (tertiary/aromatic N) is 1. The summed E-state index contributed by atoms with van der Waals surface area (Å²) in [5.74, 6) is -1.49. The first kappa shape index (κ1) is 31.4. The summed E-state index contributed by atoms with van der Waals surface area (Å²) in [4.78, 5) is 28.6. The first-order valence-electron chi connectivity index (χ1n) is 14.5. The summed E-state index contributed by atoms with van der Waals surface area (Å²) < 4.78 is 65.4. The van der Waals surface area contributed by atoms with Crippen molar-refractivity contribution in [3.63, 3.8) is 0 Å². The van der Waals surface area contributed by atoms with E-state index in [1.165, 1.54) is 21.0 Å². The van der Waals surface area contributed by atoms with Crippen molar-refractivity contribution in [3.8, 4) is 11.5 Å². The number of carbonyl (C=O) groups excluding carboxylic acids is 2. The van der Waals surface area contributed by atoms with E-state index in [0.29, 0.717) is 23.7 Å². The average molecular weight is 614 g/mol. The number of aliphatic hydroxyl groups is 2. The Hall–Kier alpha value is -3.03. The van der Waals surface area contributed by atoms with Crippen molar-refractivity contribution in [2.45, 2.75) is 93.7 Å². The van der Waals surface area contributed by atoms with Crippen LogP contribution in [0.1, 0.15) is 69.4 Å². The van der Waals surface area contributed by atoms with Crippen LogP contribution in [0.4, 0.5) is 13.2 Å². The smallest absolute Gasteiger partial charge is 0.422 e. The highest BCUT2D eigenvalue weighted by Gasteiger charge is 2.59. The van der Waals surface area contributed by atoms with Crippen LogP contribution in [0.2, 0.25) is 0 Å². The van der Waals surface area contributed by atoms with Crippen LogP contribution < -0.4 is 9.47 Å². The van der Waals surface area contributed by atoms with E-state index < -0.39 is 59.9 Å². The van der Waals surface area contributed by atoms with Gasteiger partial charge in [0.05, 0.1) is 30.6 Å². The molecule has 3 heterocycles. The molecular formula is C30H38F3NO9. The zero-order valence-corrected chi connectivity index (χ0v) is 24.5. The van der Waals surface area contributed by atoms with E-state index in [2.05, 4.69) is 9.64 Å². The molecule has 0 amide bonds. The van der Waals surface area contributed by atoms with Gasteiger partial charge in [-0.05, 0) is 88.3 Å². The minimum Gasteiger partial charge on any atom is -0.497 e. The van der Waals surface area contributed by atoms with E-state index in [1.54, 1.807) is 0 Å². The highest BCUT2D eigenvalue weighted by molar-refractivity contribution is 5.86. The van der Waals surface area contributed by atoms with Gasteiger partial charge in [-0.25, -0.2) is 4.79 Å². The molecule has 3 aliphatic heterocycles. The zero-order chi connectivity index (χ0) is 31.2. The van der Waals surface area contributed by atoms with Crippen LogP contribution in [0.5, 0.6) is 11.5 Å². The molecule has 238 valence electrons. The molecule has 4 atom stereocenters. The van der Waals surface area contributed by atoms with Gasteiger partial charge in [-0.1, -0.05) is 0 Å².